The van der Waals surface area contributed by atoms with Gasteiger partial charge in [-0.05, 0) is 48.9 Å². The number of rotatable bonds is 6. The summed E-state index contributed by atoms with van der Waals surface area (Å²) in [5.74, 6) is 0. The molecule has 1 aliphatic heterocycles. The van der Waals surface area contributed by atoms with Gasteiger partial charge in [-0.25, -0.2) is 8.42 Å². The first-order valence-electron chi connectivity index (χ1n) is 10.1. The van der Waals surface area contributed by atoms with E-state index in [0.29, 0.717) is 30.3 Å². The van der Waals surface area contributed by atoms with Crippen molar-refractivity contribution in [3.05, 3.63) is 77.7 Å². The number of sulfone groups is 1. The molecule has 7 nitrogen and oxygen atoms in total. The number of pyridine rings is 2. The van der Waals surface area contributed by atoms with Crippen molar-refractivity contribution in [1.82, 2.24) is 9.97 Å². The van der Waals surface area contributed by atoms with Gasteiger partial charge in [0.1, 0.15) is 0 Å². The summed E-state index contributed by atoms with van der Waals surface area (Å²) in [6, 6.07) is 16.3. The highest BCUT2D eigenvalue weighted by Gasteiger charge is 2.17. The maximum Gasteiger partial charge on any atom is 0.175 e. The predicted molar refractivity (Wildman–Crippen MR) is 126 cm³/mol. The SMILES string of the molecule is Cc1cccc(C(N)=C(C=NC2COC2)c2ccnc(-c3ccc(S(C)(=O)=O)cc3)c2)n1. The van der Waals surface area contributed by atoms with Gasteiger partial charge in [-0.1, -0.05) is 18.2 Å². The number of hydrogen-bond acceptors (Lipinski definition) is 7. The molecule has 1 aromatic carbocycles. The molecule has 0 saturated carbocycles. The van der Waals surface area contributed by atoms with Crippen LogP contribution in [0.15, 0.2) is 70.7 Å². The molecule has 2 N–H and O–H groups in total. The van der Waals surface area contributed by atoms with Gasteiger partial charge in [0.15, 0.2) is 9.84 Å². The topological polar surface area (TPSA) is 108 Å². The van der Waals surface area contributed by atoms with Gasteiger partial charge in [-0.2, -0.15) is 0 Å². The van der Waals surface area contributed by atoms with E-state index >= 15 is 0 Å². The molecule has 0 amide bonds. The number of aryl methyl sites for hydroxylation is 1. The lowest BCUT2D eigenvalue weighted by Gasteiger charge is -2.22. The van der Waals surface area contributed by atoms with Crippen LogP contribution in [0.5, 0.6) is 0 Å². The molecule has 0 spiro atoms. The van der Waals surface area contributed by atoms with Crippen molar-refractivity contribution in [2.75, 3.05) is 19.5 Å². The smallest absolute Gasteiger partial charge is 0.175 e. The molecule has 164 valence electrons. The monoisotopic (exact) mass is 448 g/mol. The Morgan fingerprint density at radius 2 is 1.91 bits per heavy atom. The van der Waals surface area contributed by atoms with Crippen LogP contribution >= 0.6 is 0 Å². The number of ether oxygens (including phenoxy) is 1. The van der Waals surface area contributed by atoms with Gasteiger partial charge in [0, 0.05) is 35.5 Å². The van der Waals surface area contributed by atoms with E-state index < -0.39 is 9.84 Å². The average Bonchev–Trinajstić information content (AvgIpc) is 2.75. The summed E-state index contributed by atoms with van der Waals surface area (Å²) in [4.78, 5) is 13.9. The third-order valence-electron chi connectivity index (χ3n) is 5.14. The Hall–Kier alpha value is -3.36. The fraction of sp³-hybridized carbons (Fsp3) is 0.208. The summed E-state index contributed by atoms with van der Waals surface area (Å²) in [6.45, 7) is 3.11. The van der Waals surface area contributed by atoms with Gasteiger partial charge >= 0.3 is 0 Å². The van der Waals surface area contributed by atoms with Crippen LogP contribution in [0, 0.1) is 6.92 Å². The molecule has 4 rings (SSSR count). The molecule has 0 aliphatic carbocycles. The Kier molecular flexibility index (Phi) is 6.16. The van der Waals surface area contributed by atoms with Gasteiger partial charge in [0.25, 0.3) is 0 Å². The second kappa shape index (κ2) is 9.02. The van der Waals surface area contributed by atoms with E-state index in [2.05, 4.69) is 15.0 Å². The summed E-state index contributed by atoms with van der Waals surface area (Å²) in [5, 5.41) is 0. The number of aliphatic imine (C=N–C) groups is 1. The van der Waals surface area contributed by atoms with E-state index in [1.54, 1.807) is 36.7 Å². The minimum atomic E-state index is -3.26. The molecule has 0 radical (unpaired) electrons. The highest BCUT2D eigenvalue weighted by Crippen LogP contribution is 2.26. The van der Waals surface area contributed by atoms with Crippen LogP contribution in [-0.4, -0.2) is 50.1 Å². The molecule has 2 aromatic heterocycles. The first-order valence-corrected chi connectivity index (χ1v) is 12.0. The van der Waals surface area contributed by atoms with Gasteiger partial charge in [0.05, 0.1) is 41.2 Å². The minimum absolute atomic E-state index is 0.119. The fourth-order valence-corrected chi connectivity index (χ4v) is 3.88. The van der Waals surface area contributed by atoms with Gasteiger partial charge in [-0.3, -0.25) is 15.0 Å². The van der Waals surface area contributed by atoms with E-state index in [1.165, 1.54) is 6.26 Å². The second-order valence-corrected chi connectivity index (χ2v) is 9.70. The Balaban J connectivity index is 1.76. The first-order chi connectivity index (χ1) is 15.3. The number of benzene rings is 1. The first kappa shape index (κ1) is 21.9. The van der Waals surface area contributed by atoms with Crippen molar-refractivity contribution in [1.29, 1.82) is 0 Å². The molecule has 1 saturated heterocycles. The van der Waals surface area contributed by atoms with E-state index in [0.717, 1.165) is 22.4 Å². The summed E-state index contributed by atoms with van der Waals surface area (Å²) in [7, 11) is -3.26. The Bertz CT molecular complexity index is 1290. The largest absolute Gasteiger partial charge is 0.396 e. The Morgan fingerprint density at radius 1 is 1.16 bits per heavy atom. The maximum atomic E-state index is 11.7. The molecule has 0 bridgehead atoms. The number of nitrogens with two attached hydrogens (primary N) is 1. The third-order valence-corrected chi connectivity index (χ3v) is 6.27. The molecular formula is C24H24N4O3S. The van der Waals surface area contributed by atoms with E-state index in [9.17, 15) is 8.42 Å². The lowest BCUT2D eigenvalue weighted by atomic mass is 10.0. The molecule has 0 atom stereocenters. The molecule has 1 aliphatic rings. The van der Waals surface area contributed by atoms with Crippen molar-refractivity contribution in [2.45, 2.75) is 17.9 Å². The quantitative estimate of drug-likeness (QED) is 0.581. The highest BCUT2D eigenvalue weighted by molar-refractivity contribution is 7.90. The van der Waals surface area contributed by atoms with Crippen LogP contribution in [0.1, 0.15) is 17.0 Å². The van der Waals surface area contributed by atoms with Crippen molar-refractivity contribution in [2.24, 2.45) is 10.7 Å². The number of nitrogens with zero attached hydrogens (tertiary/aromatic N) is 3. The maximum absolute atomic E-state index is 11.7. The Labute approximate surface area is 187 Å². The van der Waals surface area contributed by atoms with Crippen molar-refractivity contribution < 1.29 is 13.2 Å². The van der Waals surface area contributed by atoms with Gasteiger partial charge in [0.2, 0.25) is 0 Å². The third kappa shape index (κ3) is 4.92. The van der Waals surface area contributed by atoms with Crippen molar-refractivity contribution >= 4 is 27.3 Å². The second-order valence-electron chi connectivity index (χ2n) is 7.69. The van der Waals surface area contributed by atoms with Crippen molar-refractivity contribution in [3.8, 4) is 11.3 Å². The molecule has 0 unspecified atom stereocenters. The zero-order valence-electron chi connectivity index (χ0n) is 17.9. The van der Waals surface area contributed by atoms with Crippen LogP contribution in [0.3, 0.4) is 0 Å². The number of hydrogen-bond donors (Lipinski definition) is 1. The summed E-state index contributed by atoms with van der Waals surface area (Å²) in [6.07, 6.45) is 4.66. The molecule has 3 aromatic rings. The molecule has 3 heterocycles. The van der Waals surface area contributed by atoms with E-state index in [4.69, 9.17) is 10.5 Å². The zero-order valence-corrected chi connectivity index (χ0v) is 18.7. The lowest BCUT2D eigenvalue weighted by Crippen LogP contribution is -2.31. The average molecular weight is 449 g/mol. The van der Waals surface area contributed by atoms with Crippen LogP contribution in [-0.2, 0) is 14.6 Å². The molecule has 1 fully saturated rings. The molecule has 8 heteroatoms. The Morgan fingerprint density at radius 3 is 2.53 bits per heavy atom. The summed E-state index contributed by atoms with van der Waals surface area (Å²) < 4.78 is 28.7. The number of aromatic nitrogens is 2. The van der Waals surface area contributed by atoms with Crippen molar-refractivity contribution in [3.63, 3.8) is 0 Å². The van der Waals surface area contributed by atoms with Crippen LogP contribution in [0.4, 0.5) is 0 Å². The van der Waals surface area contributed by atoms with Gasteiger partial charge in [-0.15, -0.1) is 0 Å². The van der Waals surface area contributed by atoms with Crippen LogP contribution in [0.2, 0.25) is 0 Å². The van der Waals surface area contributed by atoms with E-state index in [1.807, 2.05) is 37.3 Å². The summed E-state index contributed by atoms with van der Waals surface area (Å²) >= 11 is 0. The van der Waals surface area contributed by atoms with Crippen LogP contribution < -0.4 is 5.73 Å². The minimum Gasteiger partial charge on any atom is -0.396 e. The predicted octanol–water partition coefficient (Wildman–Crippen LogP) is 3.15. The summed E-state index contributed by atoms with van der Waals surface area (Å²) in [5.41, 5.74) is 11.7. The lowest BCUT2D eigenvalue weighted by molar-refractivity contribution is 0.0136. The fourth-order valence-electron chi connectivity index (χ4n) is 3.25. The standard InChI is InChI=1S/C24H24N4O3S/c1-16-4-3-5-22(28-16)24(25)21(13-27-19-14-31-15-19)18-10-11-26-23(12-18)17-6-8-20(9-7-17)32(2,29)30/h3-13,19H,14-15,25H2,1-2H3. The highest BCUT2D eigenvalue weighted by atomic mass is 32.2. The molecular weight excluding hydrogens is 424 g/mol. The van der Waals surface area contributed by atoms with Gasteiger partial charge < -0.3 is 10.5 Å². The molecule has 32 heavy (non-hydrogen) atoms. The van der Waals surface area contributed by atoms with Crippen LogP contribution in [0.25, 0.3) is 22.5 Å². The van der Waals surface area contributed by atoms with E-state index in [-0.39, 0.29) is 10.9 Å². The number of allylic oxidation sites excluding steroid dienone is 1. The normalized spacial score (nSPS) is 15.4. The zero-order chi connectivity index (χ0) is 22.7.